The van der Waals surface area contributed by atoms with Gasteiger partial charge in [-0.2, -0.15) is 0 Å². The molecule has 1 aliphatic rings. The molecule has 21 heavy (non-hydrogen) atoms. The van der Waals surface area contributed by atoms with Gasteiger partial charge in [0.25, 0.3) is 5.91 Å². The summed E-state index contributed by atoms with van der Waals surface area (Å²) in [6, 6.07) is 6.59. The number of rotatable bonds is 2. The van der Waals surface area contributed by atoms with Crippen LogP contribution in [0, 0.1) is 5.92 Å². The molecule has 2 unspecified atom stereocenters. The molecule has 0 bridgehead atoms. The van der Waals surface area contributed by atoms with Crippen molar-refractivity contribution in [1.29, 1.82) is 0 Å². The van der Waals surface area contributed by atoms with Crippen molar-refractivity contribution in [2.45, 2.75) is 25.8 Å². The largest absolute Gasteiger partial charge is 0.480 e. The van der Waals surface area contributed by atoms with E-state index < -0.39 is 12.0 Å². The number of aliphatic carboxylic acids is 1. The summed E-state index contributed by atoms with van der Waals surface area (Å²) in [5.41, 5.74) is 1.45. The van der Waals surface area contributed by atoms with E-state index in [1.54, 1.807) is 12.3 Å². The molecule has 3 rings (SSSR count). The van der Waals surface area contributed by atoms with E-state index in [0.29, 0.717) is 12.1 Å². The lowest BCUT2D eigenvalue weighted by molar-refractivity contribution is -0.145. The van der Waals surface area contributed by atoms with Gasteiger partial charge >= 0.3 is 5.97 Å². The molecule has 1 aromatic carbocycles. The molecular weight excluding hydrogens is 268 g/mol. The Morgan fingerprint density at radius 2 is 2.14 bits per heavy atom. The van der Waals surface area contributed by atoms with E-state index in [1.165, 1.54) is 4.90 Å². The number of hydrogen-bond acceptors (Lipinski definition) is 2. The number of carbonyl (C=O) groups excluding carboxylic acids is 1. The number of H-pyrrole nitrogens is 1. The quantitative estimate of drug-likeness (QED) is 0.890. The second-order valence-corrected chi connectivity index (χ2v) is 5.65. The molecule has 1 aliphatic heterocycles. The van der Waals surface area contributed by atoms with Gasteiger partial charge in [-0.3, -0.25) is 4.79 Å². The third-order valence-electron chi connectivity index (χ3n) is 4.27. The molecule has 2 N–H and O–H groups in total. The maximum Gasteiger partial charge on any atom is 0.326 e. The SMILES string of the molecule is CC1CCCN(C(=O)c2cccc3[nH]ccc23)C1C(=O)O. The van der Waals surface area contributed by atoms with Crippen molar-refractivity contribution in [1.82, 2.24) is 9.88 Å². The summed E-state index contributed by atoms with van der Waals surface area (Å²) in [7, 11) is 0. The molecule has 1 fully saturated rings. The van der Waals surface area contributed by atoms with Crippen LogP contribution in [0.25, 0.3) is 10.9 Å². The highest BCUT2D eigenvalue weighted by atomic mass is 16.4. The molecule has 2 aromatic rings. The van der Waals surface area contributed by atoms with E-state index in [9.17, 15) is 14.7 Å². The smallest absolute Gasteiger partial charge is 0.326 e. The normalized spacial score (nSPS) is 22.4. The number of fused-ring (bicyclic) bond motifs is 1. The van der Waals surface area contributed by atoms with Crippen LogP contribution in [0.1, 0.15) is 30.1 Å². The molecule has 0 radical (unpaired) electrons. The van der Waals surface area contributed by atoms with Crippen molar-refractivity contribution in [3.8, 4) is 0 Å². The van der Waals surface area contributed by atoms with E-state index in [1.807, 2.05) is 25.1 Å². The van der Waals surface area contributed by atoms with Crippen LogP contribution in [0.4, 0.5) is 0 Å². The first-order valence-corrected chi connectivity index (χ1v) is 7.19. The monoisotopic (exact) mass is 286 g/mol. The Hall–Kier alpha value is -2.30. The standard InChI is InChI=1S/C16H18N2O3/c1-10-4-3-9-18(14(10)16(20)21)15(19)12-5-2-6-13-11(12)7-8-17-13/h2,5-8,10,14,17H,3-4,9H2,1H3,(H,20,21). The summed E-state index contributed by atoms with van der Waals surface area (Å²) < 4.78 is 0. The Labute approximate surface area is 122 Å². The minimum Gasteiger partial charge on any atom is -0.480 e. The molecule has 110 valence electrons. The van der Waals surface area contributed by atoms with E-state index in [2.05, 4.69) is 4.98 Å². The zero-order valence-corrected chi connectivity index (χ0v) is 11.9. The summed E-state index contributed by atoms with van der Waals surface area (Å²) >= 11 is 0. The molecule has 1 amide bonds. The number of carboxylic acid groups (broad SMARTS) is 1. The summed E-state index contributed by atoms with van der Waals surface area (Å²) in [4.78, 5) is 28.9. The fourth-order valence-corrected chi connectivity index (χ4v) is 3.22. The second kappa shape index (κ2) is 5.24. The van der Waals surface area contributed by atoms with Gasteiger partial charge in [0.2, 0.25) is 0 Å². The Kier molecular flexibility index (Phi) is 3.41. The van der Waals surface area contributed by atoms with Crippen LogP contribution in [-0.2, 0) is 4.79 Å². The van der Waals surface area contributed by atoms with Crippen molar-refractivity contribution < 1.29 is 14.7 Å². The van der Waals surface area contributed by atoms with E-state index in [0.717, 1.165) is 23.7 Å². The zero-order valence-electron chi connectivity index (χ0n) is 11.9. The van der Waals surface area contributed by atoms with Crippen LogP contribution in [0.3, 0.4) is 0 Å². The van der Waals surface area contributed by atoms with Crippen LogP contribution >= 0.6 is 0 Å². The lowest BCUT2D eigenvalue weighted by Gasteiger charge is -2.37. The third kappa shape index (κ3) is 2.28. The number of benzene rings is 1. The fourth-order valence-electron chi connectivity index (χ4n) is 3.22. The zero-order chi connectivity index (χ0) is 15.0. The van der Waals surface area contributed by atoms with Crippen molar-refractivity contribution >= 4 is 22.8 Å². The highest BCUT2D eigenvalue weighted by Crippen LogP contribution is 2.27. The average molecular weight is 286 g/mol. The fraction of sp³-hybridized carbons (Fsp3) is 0.375. The molecular formula is C16H18N2O3. The van der Waals surface area contributed by atoms with E-state index in [-0.39, 0.29) is 11.8 Å². The molecule has 5 heteroatoms. The Morgan fingerprint density at radius 1 is 1.33 bits per heavy atom. The number of aromatic nitrogens is 1. The van der Waals surface area contributed by atoms with E-state index in [4.69, 9.17) is 0 Å². The molecule has 0 aliphatic carbocycles. The molecule has 5 nitrogen and oxygen atoms in total. The topological polar surface area (TPSA) is 73.4 Å². The Morgan fingerprint density at radius 3 is 2.90 bits per heavy atom. The number of likely N-dealkylation sites (tertiary alicyclic amines) is 1. The van der Waals surface area contributed by atoms with Gasteiger partial charge in [-0.05, 0) is 37.0 Å². The van der Waals surface area contributed by atoms with Gasteiger partial charge in [0.1, 0.15) is 6.04 Å². The van der Waals surface area contributed by atoms with Gasteiger partial charge in [0.05, 0.1) is 0 Å². The predicted molar refractivity (Wildman–Crippen MR) is 79.2 cm³/mol. The van der Waals surface area contributed by atoms with Crippen molar-refractivity contribution in [2.24, 2.45) is 5.92 Å². The van der Waals surface area contributed by atoms with Crippen molar-refractivity contribution in [3.63, 3.8) is 0 Å². The first kappa shape index (κ1) is 13.7. The Balaban J connectivity index is 2.00. The molecule has 1 saturated heterocycles. The lowest BCUT2D eigenvalue weighted by atomic mass is 9.90. The summed E-state index contributed by atoms with van der Waals surface area (Å²) in [5, 5.41) is 10.3. The summed E-state index contributed by atoms with van der Waals surface area (Å²) in [5.74, 6) is -1.14. The number of aromatic amines is 1. The van der Waals surface area contributed by atoms with Gasteiger partial charge in [0, 0.05) is 29.2 Å². The van der Waals surface area contributed by atoms with Crippen LogP contribution < -0.4 is 0 Å². The molecule has 2 atom stereocenters. The van der Waals surface area contributed by atoms with Crippen LogP contribution in [0.15, 0.2) is 30.5 Å². The molecule has 0 spiro atoms. The maximum atomic E-state index is 12.8. The van der Waals surface area contributed by atoms with Gasteiger partial charge in [-0.25, -0.2) is 4.79 Å². The van der Waals surface area contributed by atoms with Gasteiger partial charge in [-0.15, -0.1) is 0 Å². The van der Waals surface area contributed by atoms with Crippen molar-refractivity contribution in [3.05, 3.63) is 36.0 Å². The number of piperidine rings is 1. The molecule has 2 heterocycles. The van der Waals surface area contributed by atoms with Crippen LogP contribution in [-0.4, -0.2) is 39.5 Å². The van der Waals surface area contributed by atoms with Gasteiger partial charge < -0.3 is 15.0 Å². The highest BCUT2D eigenvalue weighted by Gasteiger charge is 2.37. The van der Waals surface area contributed by atoms with Crippen molar-refractivity contribution in [2.75, 3.05) is 6.54 Å². The minimum absolute atomic E-state index is 0.0226. The van der Waals surface area contributed by atoms with Crippen LogP contribution in [0.5, 0.6) is 0 Å². The summed E-state index contributed by atoms with van der Waals surface area (Å²) in [6.45, 7) is 2.40. The maximum absolute atomic E-state index is 12.8. The molecule has 1 aromatic heterocycles. The minimum atomic E-state index is -0.920. The lowest BCUT2D eigenvalue weighted by Crippen LogP contribution is -2.51. The summed E-state index contributed by atoms with van der Waals surface area (Å²) in [6.07, 6.45) is 3.48. The molecule has 0 saturated carbocycles. The average Bonchev–Trinajstić information content (AvgIpc) is 2.94. The number of carbonyl (C=O) groups is 2. The number of hydrogen-bond donors (Lipinski definition) is 2. The number of nitrogens with zero attached hydrogens (tertiary/aromatic N) is 1. The number of nitrogens with one attached hydrogen (secondary N) is 1. The number of amides is 1. The van der Waals surface area contributed by atoms with E-state index >= 15 is 0 Å². The Bertz CT molecular complexity index is 692. The number of carboxylic acids is 1. The highest BCUT2D eigenvalue weighted by molar-refractivity contribution is 6.07. The first-order valence-electron chi connectivity index (χ1n) is 7.19. The third-order valence-corrected chi connectivity index (χ3v) is 4.27. The van der Waals surface area contributed by atoms with Gasteiger partial charge in [0.15, 0.2) is 0 Å². The second-order valence-electron chi connectivity index (χ2n) is 5.65. The van der Waals surface area contributed by atoms with Crippen LogP contribution in [0.2, 0.25) is 0 Å². The first-order chi connectivity index (χ1) is 10.1. The van der Waals surface area contributed by atoms with Gasteiger partial charge in [-0.1, -0.05) is 13.0 Å². The predicted octanol–water partition coefficient (Wildman–Crippen LogP) is 2.49.